The van der Waals surface area contributed by atoms with Gasteiger partial charge in [0.2, 0.25) is 0 Å². The third-order valence-electron chi connectivity index (χ3n) is 8.27. The first-order valence-corrected chi connectivity index (χ1v) is 14.2. The molecule has 0 bridgehead atoms. The van der Waals surface area contributed by atoms with Crippen LogP contribution >= 0.6 is 11.8 Å². The molecule has 3 N–H and O–H groups in total. The lowest BCUT2D eigenvalue weighted by atomic mass is 9.92. The summed E-state index contributed by atoms with van der Waals surface area (Å²) in [5.74, 6) is -1.54. The molecule has 1 saturated carbocycles. The third-order valence-corrected chi connectivity index (χ3v) is 9.31. The number of carbonyl (C=O) groups is 1. The van der Waals surface area contributed by atoms with E-state index in [1.165, 1.54) is 24.6 Å². The molecule has 2 saturated heterocycles. The number of piperidine rings is 2. The number of aliphatic hydroxyl groups is 1. The van der Waals surface area contributed by atoms with Gasteiger partial charge in [0.25, 0.3) is 11.8 Å². The zero-order valence-electron chi connectivity index (χ0n) is 21.2. The third kappa shape index (κ3) is 4.70. The molecule has 0 radical (unpaired) electrons. The number of benzene rings is 1. The lowest BCUT2D eigenvalue weighted by Gasteiger charge is -2.36. The van der Waals surface area contributed by atoms with Crippen molar-refractivity contribution in [2.45, 2.75) is 49.3 Å². The number of hydrogen-bond donors (Lipinski definition) is 2. The monoisotopic (exact) mass is 542 g/mol. The molecule has 2 aromatic heterocycles. The zero-order valence-corrected chi connectivity index (χ0v) is 22.0. The van der Waals surface area contributed by atoms with Gasteiger partial charge in [0.15, 0.2) is 5.82 Å². The number of nitrogens with zero attached hydrogens (tertiary/aromatic N) is 5. The topological polar surface area (TPSA) is 100.0 Å². The molecule has 4 heterocycles. The van der Waals surface area contributed by atoms with E-state index >= 15 is 0 Å². The Labute approximate surface area is 224 Å². The van der Waals surface area contributed by atoms with Crippen LogP contribution in [0, 0.1) is 5.41 Å². The second-order valence-corrected chi connectivity index (χ2v) is 11.8. The molecule has 3 fully saturated rings. The van der Waals surface area contributed by atoms with Gasteiger partial charge in [-0.2, -0.15) is 0 Å². The molecule has 0 unspecified atom stereocenters. The van der Waals surface area contributed by atoms with E-state index in [9.17, 15) is 18.7 Å². The molecule has 0 atom stereocenters. The van der Waals surface area contributed by atoms with E-state index in [2.05, 4.69) is 9.88 Å². The van der Waals surface area contributed by atoms with Crippen LogP contribution in [-0.2, 0) is 0 Å². The van der Waals surface area contributed by atoms with Crippen molar-refractivity contribution in [2.75, 3.05) is 48.3 Å². The van der Waals surface area contributed by atoms with Crippen LogP contribution < -0.4 is 15.5 Å². The highest BCUT2D eigenvalue weighted by atomic mass is 32.2. The second kappa shape index (κ2) is 9.68. The van der Waals surface area contributed by atoms with E-state index in [1.54, 1.807) is 12.3 Å². The van der Waals surface area contributed by atoms with Gasteiger partial charge in [-0.3, -0.25) is 9.20 Å². The second-order valence-electron chi connectivity index (χ2n) is 10.7. The molecule has 3 aliphatic rings. The van der Waals surface area contributed by atoms with Crippen LogP contribution in [0.2, 0.25) is 0 Å². The Bertz CT molecular complexity index is 1360. The van der Waals surface area contributed by atoms with E-state index in [4.69, 9.17) is 10.7 Å². The summed E-state index contributed by atoms with van der Waals surface area (Å²) in [5.41, 5.74) is 8.95. The average molecular weight is 543 g/mol. The van der Waals surface area contributed by atoms with Gasteiger partial charge in [0, 0.05) is 68.1 Å². The smallest absolute Gasteiger partial charge is 0.251 e. The lowest BCUT2D eigenvalue weighted by Crippen LogP contribution is -2.40. The van der Waals surface area contributed by atoms with Gasteiger partial charge in [-0.25, -0.2) is 18.7 Å². The Hall–Kier alpha value is -2.92. The first kappa shape index (κ1) is 25.4. The largest absolute Gasteiger partial charge is 0.396 e. The highest BCUT2D eigenvalue weighted by Gasteiger charge is 2.45. The maximum Gasteiger partial charge on any atom is 0.251 e. The normalized spacial score (nSPS) is 20.3. The standard InChI is InChI=1S/C27H32F2N6O2S/c28-27(29)7-12-33(13-8-27)21-17-20-31-9-14-35(20)25(32-21)22-19(38-16-15-36)2-1-18(24(30)37)23(22)34-10-5-26(3-4-26)6-11-34/h1-2,9,14,17,36H,3-8,10-13,15-16H2,(H2,30,37). The number of fused-ring (bicyclic) bond motifs is 1. The van der Waals surface area contributed by atoms with E-state index in [1.807, 2.05) is 27.6 Å². The number of amides is 1. The number of halogens is 2. The first-order valence-electron chi connectivity index (χ1n) is 13.2. The molecule has 2 aliphatic heterocycles. The van der Waals surface area contributed by atoms with Gasteiger partial charge in [0.05, 0.1) is 23.4 Å². The SMILES string of the molecule is NC(=O)c1ccc(SCCO)c(-c2nc(N3CCC(F)(F)CC3)cc3nccn23)c1N1CCC2(CC1)CC2. The molecular formula is C27H32F2N6O2S. The highest BCUT2D eigenvalue weighted by molar-refractivity contribution is 7.99. The molecular weight excluding hydrogens is 510 g/mol. The minimum atomic E-state index is -2.67. The lowest BCUT2D eigenvalue weighted by molar-refractivity contribution is -0.0221. The summed E-state index contributed by atoms with van der Waals surface area (Å²) < 4.78 is 29.7. The van der Waals surface area contributed by atoms with Crippen molar-refractivity contribution in [3.05, 3.63) is 36.2 Å². The van der Waals surface area contributed by atoms with Crippen LogP contribution in [0.3, 0.4) is 0 Å². The molecule has 11 heteroatoms. The Morgan fingerprint density at radius 2 is 1.76 bits per heavy atom. The number of aliphatic hydroxyl groups excluding tert-OH is 1. The van der Waals surface area contributed by atoms with Crippen molar-refractivity contribution in [1.29, 1.82) is 0 Å². The summed E-state index contributed by atoms with van der Waals surface area (Å²) >= 11 is 1.49. The van der Waals surface area contributed by atoms with E-state index in [-0.39, 0.29) is 32.5 Å². The Morgan fingerprint density at radius 1 is 1.05 bits per heavy atom. The maximum atomic E-state index is 13.9. The average Bonchev–Trinajstić information content (AvgIpc) is 3.48. The number of alkyl halides is 2. The van der Waals surface area contributed by atoms with Gasteiger partial charge >= 0.3 is 0 Å². The minimum absolute atomic E-state index is 0.000805. The summed E-state index contributed by atoms with van der Waals surface area (Å²) in [6, 6.07) is 5.46. The highest BCUT2D eigenvalue weighted by Crippen LogP contribution is 2.55. The summed E-state index contributed by atoms with van der Waals surface area (Å²) in [6.07, 6.45) is 7.71. The number of thioether (sulfide) groups is 1. The number of rotatable bonds is 7. The molecule has 3 aromatic rings. The summed E-state index contributed by atoms with van der Waals surface area (Å²) in [6.45, 7) is 2.03. The number of aromatic nitrogens is 3. The summed E-state index contributed by atoms with van der Waals surface area (Å²) in [5, 5.41) is 9.61. The molecule has 1 spiro atoms. The Balaban J connectivity index is 1.52. The number of primary amides is 1. The van der Waals surface area contributed by atoms with E-state index in [0.717, 1.165) is 42.1 Å². The predicted octanol–water partition coefficient (Wildman–Crippen LogP) is 4.20. The van der Waals surface area contributed by atoms with Gasteiger partial charge in [-0.05, 0) is 43.2 Å². The number of nitrogens with two attached hydrogens (primary N) is 1. The van der Waals surface area contributed by atoms with Crippen LogP contribution in [0.25, 0.3) is 17.0 Å². The zero-order chi connectivity index (χ0) is 26.5. The minimum Gasteiger partial charge on any atom is -0.396 e. The van der Waals surface area contributed by atoms with Crippen molar-refractivity contribution in [3.63, 3.8) is 0 Å². The fraction of sp³-hybridized carbons (Fsp3) is 0.519. The molecule has 8 nitrogen and oxygen atoms in total. The van der Waals surface area contributed by atoms with Crippen LogP contribution in [0.15, 0.2) is 35.5 Å². The number of imidazole rings is 1. The molecule has 6 rings (SSSR count). The maximum absolute atomic E-state index is 13.9. The first-order chi connectivity index (χ1) is 18.3. The van der Waals surface area contributed by atoms with Crippen molar-refractivity contribution < 1.29 is 18.7 Å². The van der Waals surface area contributed by atoms with Gasteiger partial charge in [0.1, 0.15) is 11.5 Å². The fourth-order valence-corrected chi connectivity index (χ4v) is 6.59. The molecule has 1 aliphatic carbocycles. The van der Waals surface area contributed by atoms with Crippen molar-refractivity contribution in [1.82, 2.24) is 14.4 Å². The Kier molecular flexibility index (Phi) is 6.46. The van der Waals surface area contributed by atoms with Crippen molar-refractivity contribution >= 4 is 34.8 Å². The Morgan fingerprint density at radius 3 is 2.42 bits per heavy atom. The number of carbonyl (C=O) groups excluding carboxylic acids is 1. The molecule has 1 amide bonds. The van der Waals surface area contributed by atoms with Crippen LogP contribution in [0.1, 0.15) is 48.9 Å². The van der Waals surface area contributed by atoms with Gasteiger partial charge in [-0.15, -0.1) is 11.8 Å². The number of hydrogen-bond acceptors (Lipinski definition) is 7. The van der Waals surface area contributed by atoms with Crippen LogP contribution in [0.4, 0.5) is 20.3 Å². The van der Waals surface area contributed by atoms with Crippen LogP contribution in [0.5, 0.6) is 0 Å². The predicted molar refractivity (Wildman–Crippen MR) is 144 cm³/mol. The van der Waals surface area contributed by atoms with E-state index < -0.39 is 11.8 Å². The molecule has 1 aromatic carbocycles. The summed E-state index contributed by atoms with van der Waals surface area (Å²) in [7, 11) is 0. The quantitative estimate of drug-likeness (QED) is 0.432. The fourth-order valence-electron chi connectivity index (χ4n) is 5.79. The van der Waals surface area contributed by atoms with Crippen LogP contribution in [-0.4, -0.2) is 69.8 Å². The number of anilines is 2. The molecule has 202 valence electrons. The molecule has 38 heavy (non-hydrogen) atoms. The van der Waals surface area contributed by atoms with Gasteiger partial charge in [-0.1, -0.05) is 0 Å². The van der Waals surface area contributed by atoms with Crippen molar-refractivity contribution in [3.8, 4) is 11.4 Å². The summed E-state index contributed by atoms with van der Waals surface area (Å²) in [4.78, 5) is 27.3. The van der Waals surface area contributed by atoms with Gasteiger partial charge < -0.3 is 20.6 Å². The van der Waals surface area contributed by atoms with E-state index in [0.29, 0.717) is 34.0 Å². The van der Waals surface area contributed by atoms with Crippen molar-refractivity contribution in [2.24, 2.45) is 11.1 Å².